The van der Waals surface area contributed by atoms with Crippen molar-refractivity contribution in [3.63, 3.8) is 0 Å². The van der Waals surface area contributed by atoms with E-state index in [0.717, 1.165) is 32.6 Å². The van der Waals surface area contributed by atoms with Gasteiger partial charge >= 0.3 is 0 Å². The number of carbonyl (C=O) groups is 1. The van der Waals surface area contributed by atoms with Crippen LogP contribution in [0.3, 0.4) is 0 Å². The third kappa shape index (κ3) is 4.80. The van der Waals surface area contributed by atoms with E-state index in [4.69, 9.17) is 4.74 Å². The van der Waals surface area contributed by atoms with E-state index in [1.807, 2.05) is 6.92 Å². The minimum atomic E-state index is -0.0904. The van der Waals surface area contributed by atoms with E-state index in [-0.39, 0.29) is 11.9 Å². The lowest BCUT2D eigenvalue weighted by Crippen LogP contribution is -2.48. The summed E-state index contributed by atoms with van der Waals surface area (Å²) < 4.78 is 4.96. The fourth-order valence-electron chi connectivity index (χ4n) is 2.73. The first-order valence-electron chi connectivity index (χ1n) is 8.00. The molecule has 1 aromatic carbocycles. The average molecular weight is 305 g/mol. The fourth-order valence-corrected chi connectivity index (χ4v) is 2.73. The second-order valence-electron chi connectivity index (χ2n) is 5.70. The number of fused-ring (bicyclic) bond motifs is 1. The number of nitrogens with one attached hydrogen (secondary N) is 2. The van der Waals surface area contributed by atoms with Crippen LogP contribution in [-0.4, -0.2) is 56.7 Å². The molecule has 2 N–H and O–H groups in total. The van der Waals surface area contributed by atoms with Gasteiger partial charge in [-0.3, -0.25) is 9.69 Å². The Bertz CT molecular complexity index is 479. The summed E-state index contributed by atoms with van der Waals surface area (Å²) in [6.45, 7) is 6.71. The number of ether oxygens (including phenoxy) is 1. The van der Waals surface area contributed by atoms with Crippen LogP contribution < -0.4 is 10.6 Å². The molecule has 0 saturated heterocycles. The second-order valence-corrected chi connectivity index (χ2v) is 5.70. The lowest BCUT2D eigenvalue weighted by molar-refractivity contribution is -0.126. The summed E-state index contributed by atoms with van der Waals surface area (Å²) in [6, 6.07) is 8.40. The summed E-state index contributed by atoms with van der Waals surface area (Å²) in [7, 11) is 1.68. The van der Waals surface area contributed by atoms with E-state index in [9.17, 15) is 4.79 Å². The summed E-state index contributed by atoms with van der Waals surface area (Å²) in [4.78, 5) is 14.5. The predicted molar refractivity (Wildman–Crippen MR) is 87.8 cm³/mol. The molecule has 0 aliphatic carbocycles. The predicted octanol–water partition coefficient (Wildman–Crippen LogP) is 0.785. The van der Waals surface area contributed by atoms with Crippen LogP contribution in [0.4, 0.5) is 0 Å². The maximum absolute atomic E-state index is 12.2. The number of carbonyl (C=O) groups excluding carboxylic acids is 1. The zero-order valence-electron chi connectivity index (χ0n) is 13.6. The molecule has 2 rings (SSSR count). The molecular weight excluding hydrogens is 278 g/mol. The van der Waals surface area contributed by atoms with Crippen molar-refractivity contribution in [3.8, 4) is 0 Å². The first-order chi connectivity index (χ1) is 10.7. The monoisotopic (exact) mass is 305 g/mol. The van der Waals surface area contributed by atoms with Crippen LogP contribution in [0, 0.1) is 0 Å². The molecule has 122 valence electrons. The van der Waals surface area contributed by atoms with Gasteiger partial charge in [-0.2, -0.15) is 0 Å². The molecular formula is C17H27N3O2. The Morgan fingerprint density at radius 3 is 2.82 bits per heavy atom. The van der Waals surface area contributed by atoms with Crippen molar-refractivity contribution in [1.82, 2.24) is 15.5 Å². The highest BCUT2D eigenvalue weighted by Crippen LogP contribution is 2.20. The van der Waals surface area contributed by atoms with Gasteiger partial charge in [-0.15, -0.1) is 0 Å². The SMILES string of the molecule is COCCNCCNC(=O)C(C)N1CCc2ccccc2C1. The molecule has 1 atom stereocenters. The Balaban J connectivity index is 1.72. The highest BCUT2D eigenvalue weighted by Gasteiger charge is 2.24. The van der Waals surface area contributed by atoms with Gasteiger partial charge < -0.3 is 15.4 Å². The van der Waals surface area contributed by atoms with E-state index in [0.29, 0.717) is 13.2 Å². The van der Waals surface area contributed by atoms with Gasteiger partial charge in [0.05, 0.1) is 12.6 Å². The molecule has 1 unspecified atom stereocenters. The van der Waals surface area contributed by atoms with Crippen LogP contribution in [0.5, 0.6) is 0 Å². The lowest BCUT2D eigenvalue weighted by Gasteiger charge is -2.32. The van der Waals surface area contributed by atoms with E-state index in [2.05, 4.69) is 39.8 Å². The molecule has 1 heterocycles. The molecule has 22 heavy (non-hydrogen) atoms. The molecule has 1 aliphatic heterocycles. The zero-order chi connectivity index (χ0) is 15.8. The number of hydrogen-bond donors (Lipinski definition) is 2. The van der Waals surface area contributed by atoms with E-state index in [1.165, 1.54) is 11.1 Å². The first kappa shape index (κ1) is 16.9. The van der Waals surface area contributed by atoms with Crippen LogP contribution in [0.15, 0.2) is 24.3 Å². The maximum atomic E-state index is 12.2. The molecule has 1 aliphatic rings. The van der Waals surface area contributed by atoms with E-state index >= 15 is 0 Å². The van der Waals surface area contributed by atoms with Crippen molar-refractivity contribution in [2.75, 3.05) is 39.9 Å². The number of nitrogens with zero attached hydrogens (tertiary/aromatic N) is 1. The van der Waals surface area contributed by atoms with Crippen molar-refractivity contribution in [2.24, 2.45) is 0 Å². The Kier molecular flexibility index (Phi) is 6.83. The number of benzene rings is 1. The van der Waals surface area contributed by atoms with Crippen LogP contribution in [-0.2, 0) is 22.5 Å². The summed E-state index contributed by atoms with van der Waals surface area (Å²) in [5.41, 5.74) is 2.75. The molecule has 0 radical (unpaired) electrons. The van der Waals surface area contributed by atoms with Crippen molar-refractivity contribution in [2.45, 2.75) is 25.9 Å². The highest BCUT2D eigenvalue weighted by molar-refractivity contribution is 5.81. The molecule has 0 aromatic heterocycles. The lowest BCUT2D eigenvalue weighted by atomic mass is 9.99. The number of amides is 1. The summed E-state index contributed by atoms with van der Waals surface area (Å²) in [5, 5.41) is 6.22. The van der Waals surface area contributed by atoms with Crippen molar-refractivity contribution >= 4 is 5.91 Å². The van der Waals surface area contributed by atoms with Crippen molar-refractivity contribution in [1.29, 1.82) is 0 Å². The third-order valence-corrected chi connectivity index (χ3v) is 4.17. The molecule has 0 saturated carbocycles. The molecule has 0 fully saturated rings. The Hall–Kier alpha value is -1.43. The highest BCUT2D eigenvalue weighted by atomic mass is 16.5. The Morgan fingerprint density at radius 1 is 1.27 bits per heavy atom. The van der Waals surface area contributed by atoms with Crippen LogP contribution in [0.1, 0.15) is 18.1 Å². The minimum absolute atomic E-state index is 0.0904. The molecule has 1 aromatic rings. The standard InChI is InChI=1S/C17H27N3O2/c1-14(17(21)19-9-8-18-10-12-22-2)20-11-7-15-5-3-4-6-16(15)13-20/h3-6,14,18H,7-13H2,1-2H3,(H,19,21). The molecule has 0 spiro atoms. The van der Waals surface area contributed by atoms with Gasteiger partial charge in [0.15, 0.2) is 0 Å². The van der Waals surface area contributed by atoms with Gasteiger partial charge in [-0.1, -0.05) is 24.3 Å². The molecule has 0 bridgehead atoms. The smallest absolute Gasteiger partial charge is 0.237 e. The first-order valence-corrected chi connectivity index (χ1v) is 8.00. The Morgan fingerprint density at radius 2 is 2.05 bits per heavy atom. The van der Waals surface area contributed by atoms with Crippen LogP contribution in [0.2, 0.25) is 0 Å². The van der Waals surface area contributed by atoms with Crippen LogP contribution >= 0.6 is 0 Å². The maximum Gasteiger partial charge on any atom is 0.237 e. The van der Waals surface area contributed by atoms with Gasteiger partial charge in [0.2, 0.25) is 5.91 Å². The average Bonchev–Trinajstić information content (AvgIpc) is 2.56. The normalized spacial score (nSPS) is 16.1. The zero-order valence-corrected chi connectivity index (χ0v) is 13.6. The summed E-state index contributed by atoms with van der Waals surface area (Å²) in [6.07, 6.45) is 1.02. The fraction of sp³-hybridized carbons (Fsp3) is 0.588. The van der Waals surface area contributed by atoms with Gasteiger partial charge in [-0.05, 0) is 24.5 Å². The molecule has 5 heteroatoms. The molecule has 1 amide bonds. The Labute approximate surface area is 133 Å². The second kappa shape index (κ2) is 8.88. The van der Waals surface area contributed by atoms with Gasteiger partial charge in [0, 0.05) is 39.8 Å². The van der Waals surface area contributed by atoms with E-state index in [1.54, 1.807) is 7.11 Å². The third-order valence-electron chi connectivity index (χ3n) is 4.17. The minimum Gasteiger partial charge on any atom is -0.383 e. The molecule has 5 nitrogen and oxygen atoms in total. The van der Waals surface area contributed by atoms with Gasteiger partial charge in [0.25, 0.3) is 0 Å². The number of hydrogen-bond acceptors (Lipinski definition) is 4. The van der Waals surface area contributed by atoms with Crippen molar-refractivity contribution < 1.29 is 9.53 Å². The number of rotatable bonds is 8. The van der Waals surface area contributed by atoms with Crippen molar-refractivity contribution in [3.05, 3.63) is 35.4 Å². The summed E-state index contributed by atoms with van der Waals surface area (Å²) in [5.74, 6) is 0.105. The summed E-state index contributed by atoms with van der Waals surface area (Å²) >= 11 is 0. The van der Waals surface area contributed by atoms with E-state index < -0.39 is 0 Å². The van der Waals surface area contributed by atoms with Crippen LogP contribution in [0.25, 0.3) is 0 Å². The topological polar surface area (TPSA) is 53.6 Å². The largest absolute Gasteiger partial charge is 0.383 e. The van der Waals surface area contributed by atoms with Gasteiger partial charge in [-0.25, -0.2) is 0 Å². The van der Waals surface area contributed by atoms with Gasteiger partial charge in [0.1, 0.15) is 0 Å². The number of methoxy groups -OCH3 is 1. The quantitative estimate of drug-likeness (QED) is 0.697.